The Kier molecular flexibility index (Phi) is 5.64. The number of nitrogens with one attached hydrogen (secondary N) is 1. The van der Waals surface area contributed by atoms with Crippen LogP contribution in [-0.4, -0.2) is 24.8 Å². The number of rotatable bonds is 5. The van der Waals surface area contributed by atoms with Crippen LogP contribution >= 0.6 is 0 Å². The Bertz CT molecular complexity index is 75.7. The first-order valence-electron chi connectivity index (χ1n) is 4.03. The van der Waals surface area contributed by atoms with Gasteiger partial charge in [0.15, 0.2) is 0 Å². The van der Waals surface area contributed by atoms with E-state index in [0.29, 0.717) is 5.92 Å². The van der Waals surface area contributed by atoms with Gasteiger partial charge < -0.3 is 10.4 Å². The van der Waals surface area contributed by atoms with Crippen molar-refractivity contribution < 1.29 is 5.11 Å². The van der Waals surface area contributed by atoms with Crippen molar-refractivity contribution in [3.8, 4) is 0 Å². The third-order valence-electron chi connectivity index (χ3n) is 1.70. The number of hydrogen-bond acceptors (Lipinski definition) is 2. The van der Waals surface area contributed by atoms with Gasteiger partial charge in [-0.2, -0.15) is 0 Å². The van der Waals surface area contributed by atoms with Crippen molar-refractivity contribution in [2.24, 2.45) is 5.92 Å². The predicted molar refractivity (Wildman–Crippen MR) is 44.0 cm³/mol. The minimum absolute atomic E-state index is 0.108. The Labute approximate surface area is 63.6 Å². The summed E-state index contributed by atoms with van der Waals surface area (Å²) in [6, 6.07) is 0. The molecule has 10 heavy (non-hydrogen) atoms. The normalized spacial score (nSPS) is 16.8. The standard InChI is InChI=1S/C8H19NO/c1-4-8(10)5-7(2)6-9-3/h7-10H,4-6H2,1-3H3. The Balaban J connectivity index is 3.27. The lowest BCUT2D eigenvalue weighted by molar-refractivity contribution is 0.141. The largest absolute Gasteiger partial charge is 0.393 e. The van der Waals surface area contributed by atoms with Crippen LogP contribution in [0.4, 0.5) is 0 Å². The third kappa shape index (κ3) is 4.77. The zero-order chi connectivity index (χ0) is 7.98. The molecular formula is C8H19NO. The molecule has 0 spiro atoms. The van der Waals surface area contributed by atoms with Gasteiger partial charge in [-0.1, -0.05) is 13.8 Å². The van der Waals surface area contributed by atoms with E-state index in [2.05, 4.69) is 12.2 Å². The van der Waals surface area contributed by atoms with E-state index >= 15 is 0 Å². The maximum Gasteiger partial charge on any atom is 0.0540 e. The van der Waals surface area contributed by atoms with Crippen LogP contribution < -0.4 is 5.32 Å². The Morgan fingerprint density at radius 2 is 2.10 bits per heavy atom. The van der Waals surface area contributed by atoms with Crippen molar-refractivity contribution in [2.75, 3.05) is 13.6 Å². The summed E-state index contributed by atoms with van der Waals surface area (Å²) in [5.74, 6) is 0.583. The highest BCUT2D eigenvalue weighted by atomic mass is 16.3. The smallest absolute Gasteiger partial charge is 0.0540 e. The lowest BCUT2D eigenvalue weighted by Gasteiger charge is -2.13. The fourth-order valence-electron chi connectivity index (χ4n) is 1.06. The molecular weight excluding hydrogens is 126 g/mol. The van der Waals surface area contributed by atoms with Crippen LogP contribution in [0.25, 0.3) is 0 Å². The zero-order valence-electron chi connectivity index (χ0n) is 7.22. The average molecular weight is 145 g/mol. The summed E-state index contributed by atoms with van der Waals surface area (Å²) in [7, 11) is 1.94. The molecule has 62 valence electrons. The van der Waals surface area contributed by atoms with E-state index in [9.17, 15) is 5.11 Å². The summed E-state index contributed by atoms with van der Waals surface area (Å²) >= 11 is 0. The number of hydrogen-bond donors (Lipinski definition) is 2. The SMILES string of the molecule is CCC(O)CC(C)CNC. The van der Waals surface area contributed by atoms with Gasteiger partial charge in [0, 0.05) is 0 Å². The summed E-state index contributed by atoms with van der Waals surface area (Å²) in [5.41, 5.74) is 0. The molecule has 0 radical (unpaired) electrons. The molecule has 2 unspecified atom stereocenters. The van der Waals surface area contributed by atoms with Crippen molar-refractivity contribution in [3.05, 3.63) is 0 Å². The summed E-state index contributed by atoms with van der Waals surface area (Å²) < 4.78 is 0. The molecule has 0 amide bonds. The van der Waals surface area contributed by atoms with Gasteiger partial charge in [-0.05, 0) is 32.4 Å². The van der Waals surface area contributed by atoms with Gasteiger partial charge in [0.2, 0.25) is 0 Å². The fraction of sp³-hybridized carbons (Fsp3) is 1.00. The lowest BCUT2D eigenvalue weighted by atomic mass is 10.0. The van der Waals surface area contributed by atoms with E-state index in [-0.39, 0.29) is 6.10 Å². The number of aliphatic hydroxyl groups is 1. The summed E-state index contributed by atoms with van der Waals surface area (Å²) in [5, 5.41) is 12.3. The van der Waals surface area contributed by atoms with Crippen LogP contribution in [0, 0.1) is 5.92 Å². The first-order chi connectivity index (χ1) is 4.70. The first kappa shape index (κ1) is 9.92. The van der Waals surface area contributed by atoms with E-state index in [1.807, 2.05) is 14.0 Å². The quantitative estimate of drug-likeness (QED) is 0.605. The van der Waals surface area contributed by atoms with Gasteiger partial charge in [-0.25, -0.2) is 0 Å². The highest BCUT2D eigenvalue weighted by Crippen LogP contribution is 2.06. The minimum Gasteiger partial charge on any atom is -0.393 e. The van der Waals surface area contributed by atoms with E-state index in [1.54, 1.807) is 0 Å². The van der Waals surface area contributed by atoms with Gasteiger partial charge >= 0.3 is 0 Å². The molecule has 0 aromatic rings. The minimum atomic E-state index is -0.108. The molecule has 0 aromatic heterocycles. The molecule has 2 N–H and O–H groups in total. The van der Waals surface area contributed by atoms with Crippen LogP contribution in [0.1, 0.15) is 26.7 Å². The van der Waals surface area contributed by atoms with Gasteiger partial charge in [-0.3, -0.25) is 0 Å². The van der Waals surface area contributed by atoms with E-state index < -0.39 is 0 Å². The van der Waals surface area contributed by atoms with Gasteiger partial charge in [0.1, 0.15) is 0 Å². The Morgan fingerprint density at radius 3 is 2.50 bits per heavy atom. The van der Waals surface area contributed by atoms with E-state index in [4.69, 9.17) is 0 Å². The average Bonchev–Trinajstić information content (AvgIpc) is 1.88. The van der Waals surface area contributed by atoms with E-state index in [1.165, 1.54) is 0 Å². The molecule has 0 fully saturated rings. The molecule has 0 heterocycles. The topological polar surface area (TPSA) is 32.3 Å². The molecule has 2 heteroatoms. The fourth-order valence-corrected chi connectivity index (χ4v) is 1.06. The molecule has 0 saturated heterocycles. The summed E-state index contributed by atoms with van der Waals surface area (Å²) in [6.45, 7) is 5.16. The van der Waals surface area contributed by atoms with E-state index in [0.717, 1.165) is 19.4 Å². The molecule has 0 bridgehead atoms. The number of aliphatic hydroxyl groups excluding tert-OH is 1. The maximum absolute atomic E-state index is 9.23. The van der Waals surface area contributed by atoms with Gasteiger partial charge in [-0.15, -0.1) is 0 Å². The monoisotopic (exact) mass is 145 g/mol. The lowest BCUT2D eigenvalue weighted by Crippen LogP contribution is -2.20. The molecule has 0 rings (SSSR count). The highest BCUT2D eigenvalue weighted by Gasteiger charge is 2.06. The van der Waals surface area contributed by atoms with Crippen molar-refractivity contribution in [2.45, 2.75) is 32.8 Å². The molecule has 2 atom stereocenters. The highest BCUT2D eigenvalue weighted by molar-refractivity contribution is 4.60. The second-order valence-corrected chi connectivity index (χ2v) is 2.96. The van der Waals surface area contributed by atoms with Crippen molar-refractivity contribution in [1.82, 2.24) is 5.32 Å². The summed E-state index contributed by atoms with van der Waals surface area (Å²) in [4.78, 5) is 0. The van der Waals surface area contributed by atoms with Gasteiger partial charge in [0.05, 0.1) is 6.10 Å². The Hall–Kier alpha value is -0.0800. The Morgan fingerprint density at radius 1 is 1.50 bits per heavy atom. The molecule has 2 nitrogen and oxygen atoms in total. The van der Waals surface area contributed by atoms with Gasteiger partial charge in [0.25, 0.3) is 0 Å². The molecule has 0 aliphatic rings. The maximum atomic E-state index is 9.23. The van der Waals surface area contributed by atoms with Crippen molar-refractivity contribution >= 4 is 0 Å². The van der Waals surface area contributed by atoms with Crippen LogP contribution in [0.3, 0.4) is 0 Å². The van der Waals surface area contributed by atoms with Crippen LogP contribution in [0.15, 0.2) is 0 Å². The second kappa shape index (κ2) is 5.69. The third-order valence-corrected chi connectivity index (χ3v) is 1.70. The summed E-state index contributed by atoms with van der Waals surface area (Å²) in [6.07, 6.45) is 1.68. The van der Waals surface area contributed by atoms with Crippen molar-refractivity contribution in [3.63, 3.8) is 0 Å². The molecule has 0 aromatic carbocycles. The molecule has 0 aliphatic carbocycles. The molecule has 0 aliphatic heterocycles. The van der Waals surface area contributed by atoms with Crippen molar-refractivity contribution in [1.29, 1.82) is 0 Å². The molecule has 0 saturated carbocycles. The zero-order valence-corrected chi connectivity index (χ0v) is 7.22. The van der Waals surface area contributed by atoms with Crippen LogP contribution in [0.2, 0.25) is 0 Å². The second-order valence-electron chi connectivity index (χ2n) is 2.96. The van der Waals surface area contributed by atoms with Crippen LogP contribution in [-0.2, 0) is 0 Å². The first-order valence-corrected chi connectivity index (χ1v) is 4.03. The van der Waals surface area contributed by atoms with Crippen LogP contribution in [0.5, 0.6) is 0 Å². The predicted octanol–water partition coefficient (Wildman–Crippen LogP) is 1.00.